The van der Waals surface area contributed by atoms with Crippen molar-refractivity contribution in [2.45, 2.75) is 25.8 Å². The molecule has 1 aromatic rings. The fraction of sp³-hybridized carbons (Fsp3) is 0.562. The highest BCUT2D eigenvalue weighted by Crippen LogP contribution is 2.28. The van der Waals surface area contributed by atoms with Crippen molar-refractivity contribution in [3.05, 3.63) is 34.9 Å². The van der Waals surface area contributed by atoms with Crippen LogP contribution in [0.2, 0.25) is 5.02 Å². The van der Waals surface area contributed by atoms with Crippen molar-refractivity contribution in [1.29, 1.82) is 0 Å². The van der Waals surface area contributed by atoms with Gasteiger partial charge in [0, 0.05) is 25.2 Å². The van der Waals surface area contributed by atoms with E-state index in [2.05, 4.69) is 22.5 Å². The van der Waals surface area contributed by atoms with E-state index in [1.807, 2.05) is 24.3 Å². The van der Waals surface area contributed by atoms with Crippen molar-refractivity contribution in [3.63, 3.8) is 0 Å². The normalized spacial score (nSPS) is 15.9. The van der Waals surface area contributed by atoms with Crippen molar-refractivity contribution >= 4 is 41.5 Å². The number of hydrogen-bond acceptors (Lipinski definition) is 2. The first-order valence-electron chi connectivity index (χ1n) is 7.50. The van der Waals surface area contributed by atoms with Gasteiger partial charge in [-0.25, -0.2) is 0 Å². The van der Waals surface area contributed by atoms with Gasteiger partial charge in [-0.3, -0.25) is 4.99 Å². The van der Waals surface area contributed by atoms with Crippen LogP contribution in [0.15, 0.2) is 29.3 Å². The van der Waals surface area contributed by atoms with Gasteiger partial charge < -0.3 is 15.4 Å². The van der Waals surface area contributed by atoms with Gasteiger partial charge in [-0.1, -0.05) is 29.8 Å². The summed E-state index contributed by atoms with van der Waals surface area (Å²) in [5.41, 5.74) is 1.06. The molecule has 0 radical (unpaired) electrons. The molecule has 1 aliphatic carbocycles. The molecule has 1 atom stereocenters. The van der Waals surface area contributed by atoms with E-state index in [9.17, 15) is 0 Å². The number of hydrogen-bond donors (Lipinski definition) is 2. The fourth-order valence-electron chi connectivity index (χ4n) is 2.08. The van der Waals surface area contributed by atoms with Crippen molar-refractivity contribution in [3.8, 4) is 0 Å². The molecule has 0 bridgehead atoms. The van der Waals surface area contributed by atoms with Gasteiger partial charge in [0.05, 0.1) is 12.6 Å². The van der Waals surface area contributed by atoms with E-state index >= 15 is 0 Å². The van der Waals surface area contributed by atoms with Crippen molar-refractivity contribution < 1.29 is 4.74 Å². The lowest BCUT2D eigenvalue weighted by Gasteiger charge is -2.19. The smallest absolute Gasteiger partial charge is 0.191 e. The highest BCUT2D eigenvalue weighted by atomic mass is 127. The highest BCUT2D eigenvalue weighted by molar-refractivity contribution is 14.0. The predicted octanol–water partition coefficient (Wildman–Crippen LogP) is 3.61. The molecule has 0 saturated heterocycles. The van der Waals surface area contributed by atoms with Crippen LogP contribution in [-0.2, 0) is 4.74 Å². The molecule has 2 rings (SSSR count). The first-order chi connectivity index (χ1) is 10.2. The molecule has 0 aromatic heterocycles. The molecule has 22 heavy (non-hydrogen) atoms. The monoisotopic (exact) mass is 437 g/mol. The standard InChI is InChI=1S/C16H24ClN3O.HI/c1-12(14-5-3-4-6-15(14)17)20-16(18-2)19-9-10-21-11-13-7-8-13;/h3-6,12-13H,7-11H2,1-2H3,(H2,18,19,20);1H. The Morgan fingerprint density at radius 1 is 1.41 bits per heavy atom. The summed E-state index contributed by atoms with van der Waals surface area (Å²) in [5, 5.41) is 7.35. The third kappa shape index (κ3) is 6.71. The molecule has 1 saturated carbocycles. The van der Waals surface area contributed by atoms with Crippen LogP contribution in [0.3, 0.4) is 0 Å². The summed E-state index contributed by atoms with van der Waals surface area (Å²) in [4.78, 5) is 4.22. The maximum absolute atomic E-state index is 6.21. The summed E-state index contributed by atoms with van der Waals surface area (Å²) in [6, 6.07) is 7.94. The van der Waals surface area contributed by atoms with E-state index in [0.29, 0.717) is 6.61 Å². The summed E-state index contributed by atoms with van der Waals surface area (Å²) in [7, 11) is 1.76. The Hall–Kier alpha value is -0.530. The van der Waals surface area contributed by atoms with Gasteiger partial charge in [0.2, 0.25) is 0 Å². The van der Waals surface area contributed by atoms with E-state index in [0.717, 1.165) is 35.6 Å². The minimum Gasteiger partial charge on any atom is -0.379 e. The number of guanidine groups is 1. The summed E-state index contributed by atoms with van der Waals surface area (Å²) < 4.78 is 5.59. The largest absolute Gasteiger partial charge is 0.379 e. The zero-order valence-electron chi connectivity index (χ0n) is 13.1. The zero-order valence-corrected chi connectivity index (χ0v) is 16.2. The average Bonchev–Trinajstić information content (AvgIpc) is 3.30. The third-order valence-electron chi connectivity index (χ3n) is 3.54. The van der Waals surface area contributed by atoms with Crippen LogP contribution in [0.1, 0.15) is 31.4 Å². The SMILES string of the molecule is CN=C(NCCOCC1CC1)NC(C)c1ccccc1Cl.I. The van der Waals surface area contributed by atoms with Crippen molar-refractivity contribution in [2.24, 2.45) is 10.9 Å². The Labute approximate surface area is 155 Å². The number of benzene rings is 1. The Morgan fingerprint density at radius 3 is 2.77 bits per heavy atom. The number of aliphatic imine (C=N–C) groups is 1. The van der Waals surface area contributed by atoms with Gasteiger partial charge >= 0.3 is 0 Å². The van der Waals surface area contributed by atoms with Gasteiger partial charge in [0.1, 0.15) is 0 Å². The highest BCUT2D eigenvalue weighted by Gasteiger charge is 2.20. The molecular weight excluding hydrogens is 413 g/mol. The quantitative estimate of drug-likeness (QED) is 0.296. The van der Waals surface area contributed by atoms with Crippen LogP contribution < -0.4 is 10.6 Å². The second-order valence-corrected chi connectivity index (χ2v) is 5.81. The first-order valence-corrected chi connectivity index (χ1v) is 7.88. The maximum Gasteiger partial charge on any atom is 0.191 e. The summed E-state index contributed by atoms with van der Waals surface area (Å²) in [6.45, 7) is 4.42. The molecule has 2 N–H and O–H groups in total. The van der Waals surface area contributed by atoms with Gasteiger partial charge in [-0.05, 0) is 37.3 Å². The van der Waals surface area contributed by atoms with Gasteiger partial charge in [-0.2, -0.15) is 0 Å². The van der Waals surface area contributed by atoms with Crippen LogP contribution in [0.4, 0.5) is 0 Å². The Balaban J connectivity index is 0.00000242. The molecule has 0 aliphatic heterocycles. The number of nitrogens with zero attached hydrogens (tertiary/aromatic N) is 1. The predicted molar refractivity (Wildman–Crippen MR) is 103 cm³/mol. The van der Waals surface area contributed by atoms with Gasteiger partial charge in [0.15, 0.2) is 5.96 Å². The lowest BCUT2D eigenvalue weighted by molar-refractivity contribution is 0.129. The molecule has 124 valence electrons. The molecule has 1 unspecified atom stereocenters. The van der Waals surface area contributed by atoms with Crippen LogP contribution in [0, 0.1) is 5.92 Å². The zero-order chi connectivity index (χ0) is 15.1. The van der Waals surface area contributed by atoms with Crippen LogP contribution in [0.5, 0.6) is 0 Å². The average molecular weight is 438 g/mol. The minimum absolute atomic E-state index is 0. The summed E-state index contributed by atoms with van der Waals surface area (Å²) >= 11 is 6.21. The second-order valence-electron chi connectivity index (χ2n) is 5.40. The topological polar surface area (TPSA) is 45.7 Å². The minimum atomic E-state index is 0. The van der Waals surface area contributed by atoms with E-state index < -0.39 is 0 Å². The number of ether oxygens (including phenoxy) is 1. The molecule has 6 heteroatoms. The lowest BCUT2D eigenvalue weighted by Crippen LogP contribution is -2.40. The van der Waals surface area contributed by atoms with Gasteiger partial charge in [-0.15, -0.1) is 24.0 Å². The van der Waals surface area contributed by atoms with Gasteiger partial charge in [0.25, 0.3) is 0 Å². The van der Waals surface area contributed by atoms with Crippen LogP contribution in [0.25, 0.3) is 0 Å². The fourth-order valence-corrected chi connectivity index (χ4v) is 2.38. The van der Waals surface area contributed by atoms with Crippen LogP contribution >= 0.6 is 35.6 Å². The molecule has 0 amide bonds. The maximum atomic E-state index is 6.21. The number of rotatable bonds is 7. The van der Waals surface area contributed by atoms with Crippen molar-refractivity contribution in [2.75, 3.05) is 26.8 Å². The summed E-state index contributed by atoms with van der Waals surface area (Å²) in [5.74, 6) is 1.57. The molecule has 0 heterocycles. The summed E-state index contributed by atoms with van der Waals surface area (Å²) in [6.07, 6.45) is 2.65. The molecule has 1 fully saturated rings. The molecule has 1 aromatic carbocycles. The van der Waals surface area contributed by atoms with E-state index in [4.69, 9.17) is 16.3 Å². The Morgan fingerprint density at radius 2 is 2.14 bits per heavy atom. The molecular formula is C16H25ClIN3O. The second kappa shape index (κ2) is 10.3. The molecule has 0 spiro atoms. The molecule has 1 aliphatic rings. The molecule has 4 nitrogen and oxygen atoms in total. The number of nitrogens with one attached hydrogen (secondary N) is 2. The lowest BCUT2D eigenvalue weighted by atomic mass is 10.1. The van der Waals surface area contributed by atoms with E-state index in [1.165, 1.54) is 12.8 Å². The Bertz CT molecular complexity index is 480. The van der Waals surface area contributed by atoms with E-state index in [-0.39, 0.29) is 30.0 Å². The first kappa shape index (κ1) is 19.5. The van der Waals surface area contributed by atoms with E-state index in [1.54, 1.807) is 7.05 Å². The third-order valence-corrected chi connectivity index (χ3v) is 3.88. The van der Waals surface area contributed by atoms with Crippen molar-refractivity contribution in [1.82, 2.24) is 10.6 Å². The Kier molecular flexibility index (Phi) is 9.12. The number of halogens is 2. The van der Waals surface area contributed by atoms with Crippen LogP contribution in [-0.4, -0.2) is 32.8 Å².